The van der Waals surface area contributed by atoms with E-state index in [1.54, 1.807) is 11.3 Å². The molecule has 30 heavy (non-hydrogen) atoms. The smallest absolute Gasteiger partial charge is 0.187 e. The second-order valence-electron chi connectivity index (χ2n) is 7.27. The Morgan fingerprint density at radius 2 is 1.53 bits per heavy atom. The summed E-state index contributed by atoms with van der Waals surface area (Å²) in [5.74, 6) is 0. The molecule has 0 atom stereocenters. The predicted octanol–water partition coefficient (Wildman–Crippen LogP) is 7.57. The monoisotopic (exact) mass is 399 g/mol. The molecule has 4 aromatic carbocycles. The summed E-state index contributed by atoms with van der Waals surface area (Å²) in [5, 5.41) is 13.9. The molecule has 0 aliphatic carbocycles. The van der Waals surface area contributed by atoms with Gasteiger partial charge in [-0.3, -0.25) is 0 Å². The van der Waals surface area contributed by atoms with Gasteiger partial charge >= 0.3 is 0 Å². The van der Waals surface area contributed by atoms with Gasteiger partial charge in [-0.2, -0.15) is 5.26 Å². The van der Waals surface area contributed by atoms with Crippen LogP contribution in [0.25, 0.3) is 52.5 Å². The first-order chi connectivity index (χ1) is 14.8. The Hall–Kier alpha value is -4.12. The van der Waals surface area contributed by atoms with Gasteiger partial charge in [-0.05, 0) is 53.9 Å². The Labute approximate surface area is 176 Å². The molecule has 6 rings (SSSR count). The van der Waals surface area contributed by atoms with Crippen molar-refractivity contribution >= 4 is 59.0 Å². The summed E-state index contributed by atoms with van der Waals surface area (Å²) >= 11 is 1.75. The highest BCUT2D eigenvalue weighted by Crippen LogP contribution is 2.39. The molecule has 0 aliphatic rings. The van der Waals surface area contributed by atoms with Gasteiger partial charge in [0.2, 0.25) is 0 Å². The normalized spacial score (nSPS) is 11.3. The highest BCUT2D eigenvalue weighted by molar-refractivity contribution is 7.25. The van der Waals surface area contributed by atoms with E-state index >= 15 is 0 Å². The van der Waals surface area contributed by atoms with Crippen LogP contribution in [0.3, 0.4) is 0 Å². The number of aromatic nitrogens is 1. The summed E-state index contributed by atoms with van der Waals surface area (Å²) in [4.78, 5) is 3.60. The Morgan fingerprint density at radius 1 is 0.767 bits per heavy atom. The zero-order chi connectivity index (χ0) is 20.2. The van der Waals surface area contributed by atoms with Crippen molar-refractivity contribution in [3.05, 3.63) is 95.8 Å². The van der Waals surface area contributed by atoms with E-state index in [1.165, 1.54) is 9.40 Å². The molecule has 6 aromatic rings. The first-order valence-corrected chi connectivity index (χ1v) is 10.4. The molecule has 0 aliphatic heterocycles. The highest BCUT2D eigenvalue weighted by atomic mass is 32.1. The van der Waals surface area contributed by atoms with Crippen LogP contribution in [0.2, 0.25) is 0 Å². The molecule has 0 saturated carbocycles. The van der Waals surface area contributed by atoms with Crippen LogP contribution >= 0.6 is 11.3 Å². The number of nitrogens with zero attached hydrogens (tertiary/aromatic N) is 3. The molecular weight excluding hydrogens is 386 g/mol. The van der Waals surface area contributed by atoms with Crippen LogP contribution in [-0.4, -0.2) is 4.57 Å². The molecule has 2 heterocycles. The molecule has 4 heteroatoms. The number of benzene rings is 4. The molecular formula is C26H13N3S. The second kappa shape index (κ2) is 6.19. The fraction of sp³-hybridized carbons (Fsp3) is 0. The van der Waals surface area contributed by atoms with Gasteiger partial charge in [-0.15, -0.1) is 11.3 Å². The molecule has 0 N–H and O–H groups in total. The largest absolute Gasteiger partial charge is 0.309 e. The average molecular weight is 399 g/mol. The van der Waals surface area contributed by atoms with Crippen molar-refractivity contribution in [3.8, 4) is 11.8 Å². The Morgan fingerprint density at radius 3 is 2.37 bits per heavy atom. The average Bonchev–Trinajstić information content (AvgIpc) is 3.33. The van der Waals surface area contributed by atoms with Crippen molar-refractivity contribution in [3.63, 3.8) is 0 Å². The molecule has 2 aromatic heterocycles. The maximum atomic E-state index is 9.35. The third-order valence-electron chi connectivity index (χ3n) is 5.63. The van der Waals surface area contributed by atoms with E-state index in [9.17, 15) is 5.26 Å². The molecule has 138 valence electrons. The van der Waals surface area contributed by atoms with E-state index in [2.05, 4.69) is 45.8 Å². The molecule has 0 amide bonds. The Balaban J connectivity index is 1.71. The van der Waals surface area contributed by atoms with E-state index in [1.807, 2.05) is 48.5 Å². The summed E-state index contributed by atoms with van der Waals surface area (Å²) in [6, 6.07) is 28.9. The maximum Gasteiger partial charge on any atom is 0.187 e. The Bertz CT molecular complexity index is 1720. The lowest BCUT2D eigenvalue weighted by molar-refractivity contribution is 1.19. The fourth-order valence-electron chi connectivity index (χ4n) is 4.28. The van der Waals surface area contributed by atoms with Crippen LogP contribution < -0.4 is 0 Å². The predicted molar refractivity (Wildman–Crippen MR) is 125 cm³/mol. The molecule has 3 nitrogen and oxygen atoms in total. The topological polar surface area (TPSA) is 33.1 Å². The summed E-state index contributed by atoms with van der Waals surface area (Å²) in [6.07, 6.45) is 0. The first-order valence-electron chi connectivity index (χ1n) is 9.54. The van der Waals surface area contributed by atoms with E-state index in [0.29, 0.717) is 11.3 Å². The number of rotatable bonds is 1. The fourth-order valence-corrected chi connectivity index (χ4v) is 5.35. The van der Waals surface area contributed by atoms with Gasteiger partial charge in [0, 0.05) is 31.2 Å². The van der Waals surface area contributed by atoms with Crippen molar-refractivity contribution in [2.24, 2.45) is 0 Å². The van der Waals surface area contributed by atoms with Crippen molar-refractivity contribution in [2.45, 2.75) is 0 Å². The van der Waals surface area contributed by atoms with Crippen LogP contribution in [0.4, 0.5) is 5.69 Å². The van der Waals surface area contributed by atoms with Gasteiger partial charge in [-0.1, -0.05) is 30.3 Å². The maximum absolute atomic E-state index is 9.35. The van der Waals surface area contributed by atoms with Crippen molar-refractivity contribution in [1.29, 1.82) is 5.26 Å². The quantitative estimate of drug-likeness (QED) is 0.262. The van der Waals surface area contributed by atoms with Gasteiger partial charge < -0.3 is 4.57 Å². The molecule has 0 fully saturated rings. The lowest BCUT2D eigenvalue weighted by Crippen LogP contribution is -1.93. The van der Waals surface area contributed by atoms with Gasteiger partial charge in [0.05, 0.1) is 29.2 Å². The SMILES string of the molecule is [C-]#[N+]c1ccc2sc3ccc(-n4c5ccccc5c5cc(C#N)ccc54)cc3c2c1. The number of nitriles is 1. The van der Waals surface area contributed by atoms with Crippen LogP contribution in [0.5, 0.6) is 0 Å². The van der Waals surface area contributed by atoms with Crippen LogP contribution in [0, 0.1) is 17.9 Å². The van der Waals surface area contributed by atoms with E-state index < -0.39 is 0 Å². The third-order valence-corrected chi connectivity index (χ3v) is 6.78. The number of thiophene rings is 1. The summed E-state index contributed by atoms with van der Waals surface area (Å²) < 4.78 is 4.66. The summed E-state index contributed by atoms with van der Waals surface area (Å²) in [6.45, 7) is 7.35. The van der Waals surface area contributed by atoms with Crippen LogP contribution in [0.1, 0.15) is 5.56 Å². The van der Waals surface area contributed by atoms with E-state index in [-0.39, 0.29) is 0 Å². The number of hydrogen-bond donors (Lipinski definition) is 0. The first kappa shape index (κ1) is 16.8. The van der Waals surface area contributed by atoms with Crippen molar-refractivity contribution in [1.82, 2.24) is 4.57 Å². The minimum Gasteiger partial charge on any atom is -0.309 e. The molecule has 0 bridgehead atoms. The molecule has 0 spiro atoms. The molecule has 0 radical (unpaired) electrons. The van der Waals surface area contributed by atoms with Gasteiger partial charge in [-0.25, -0.2) is 4.85 Å². The second-order valence-corrected chi connectivity index (χ2v) is 8.35. The van der Waals surface area contributed by atoms with Crippen LogP contribution in [-0.2, 0) is 0 Å². The van der Waals surface area contributed by atoms with Gasteiger partial charge in [0.15, 0.2) is 5.69 Å². The van der Waals surface area contributed by atoms with Crippen molar-refractivity contribution in [2.75, 3.05) is 0 Å². The Kier molecular flexibility index (Phi) is 3.47. The third kappa shape index (κ3) is 2.29. The number of hydrogen-bond acceptors (Lipinski definition) is 2. The summed E-state index contributed by atoms with van der Waals surface area (Å²) in [7, 11) is 0. The number of fused-ring (bicyclic) bond motifs is 6. The lowest BCUT2D eigenvalue weighted by Gasteiger charge is -2.08. The summed E-state index contributed by atoms with van der Waals surface area (Å²) in [5.41, 5.74) is 4.59. The zero-order valence-corrected chi connectivity index (χ0v) is 16.6. The molecule has 0 saturated heterocycles. The van der Waals surface area contributed by atoms with E-state index in [0.717, 1.165) is 38.3 Å². The van der Waals surface area contributed by atoms with Gasteiger partial charge in [0.25, 0.3) is 0 Å². The number of para-hydroxylation sites is 1. The molecule has 0 unspecified atom stereocenters. The van der Waals surface area contributed by atoms with E-state index in [4.69, 9.17) is 6.57 Å². The lowest BCUT2D eigenvalue weighted by atomic mass is 10.1. The van der Waals surface area contributed by atoms with Crippen molar-refractivity contribution < 1.29 is 0 Å². The van der Waals surface area contributed by atoms with Gasteiger partial charge in [0.1, 0.15) is 0 Å². The highest BCUT2D eigenvalue weighted by Gasteiger charge is 2.14. The standard InChI is InChI=1S/C26H13N3S/c1-28-17-7-10-25-21(13-17)22-14-18(8-11-26(22)30-25)29-23-5-3-2-4-19(23)20-12-16(15-27)6-9-24(20)29/h2-14H. The van der Waals surface area contributed by atoms with Crippen LogP contribution in [0.15, 0.2) is 78.9 Å². The minimum absolute atomic E-state index is 0.661. The minimum atomic E-state index is 0.661. The zero-order valence-electron chi connectivity index (χ0n) is 15.8.